The highest BCUT2D eigenvalue weighted by atomic mass is 16.7. The van der Waals surface area contributed by atoms with Gasteiger partial charge >= 0.3 is 5.97 Å². The number of hydrogen-bond acceptors (Lipinski definition) is 10. The molecule has 10 nitrogen and oxygen atoms in total. The van der Waals surface area contributed by atoms with Crippen LogP contribution in [0.1, 0.15) is 104 Å². The fraction of sp³-hybridized carbons (Fsp3) is 0.556. The molecule has 1 saturated heterocycles. The monoisotopic (exact) mass is 750 g/mol. The van der Waals surface area contributed by atoms with Crippen LogP contribution in [-0.4, -0.2) is 78.3 Å². The highest BCUT2D eigenvalue weighted by Gasteiger charge is 2.85. The van der Waals surface area contributed by atoms with E-state index < -0.39 is 28.7 Å². The molecule has 0 unspecified atom stereocenters. The topological polar surface area (TPSA) is 142 Å². The van der Waals surface area contributed by atoms with Gasteiger partial charge in [0.05, 0.1) is 19.9 Å². The van der Waals surface area contributed by atoms with Gasteiger partial charge in [-0.2, -0.15) is 0 Å². The van der Waals surface area contributed by atoms with Crippen molar-refractivity contribution in [3.05, 3.63) is 93.7 Å². The van der Waals surface area contributed by atoms with Crippen molar-refractivity contribution in [1.29, 1.82) is 0 Å². The number of carbonyl (C=O) groups excluding carboxylic acids is 3. The van der Waals surface area contributed by atoms with E-state index >= 15 is 0 Å². The fourth-order valence-electron chi connectivity index (χ4n) is 9.77. The predicted octanol–water partition coefficient (Wildman–Crippen LogP) is 6.30. The minimum absolute atomic E-state index is 0.00132. The van der Waals surface area contributed by atoms with Gasteiger partial charge < -0.3 is 30.5 Å². The molecule has 10 heteroatoms. The van der Waals surface area contributed by atoms with Crippen LogP contribution >= 0.6 is 0 Å². The first-order valence-electron chi connectivity index (χ1n) is 20.5. The number of ether oxygens (including phenoxy) is 2. The summed E-state index contributed by atoms with van der Waals surface area (Å²) in [6.07, 6.45) is 16.8. The molecule has 1 fully saturated rings. The number of anilines is 1. The van der Waals surface area contributed by atoms with E-state index in [1.54, 1.807) is 12.3 Å². The molecule has 1 aromatic heterocycles. The molecular formula is C45H58N4O6. The van der Waals surface area contributed by atoms with Crippen LogP contribution in [-0.2, 0) is 27.1 Å². The van der Waals surface area contributed by atoms with E-state index in [0.29, 0.717) is 43.3 Å². The maximum absolute atomic E-state index is 15.0. The van der Waals surface area contributed by atoms with E-state index in [-0.39, 0.29) is 48.6 Å². The normalized spacial score (nSPS) is 30.7. The molecule has 2 aliphatic heterocycles. The number of aryl methyl sites for hydroxylation is 1. The molecule has 0 amide bonds. The Bertz CT molecular complexity index is 1890. The molecular weight excluding hydrogens is 693 g/mol. The number of pyridine rings is 1. The van der Waals surface area contributed by atoms with Crippen molar-refractivity contribution in [2.75, 3.05) is 38.8 Å². The molecule has 7 atom stereocenters. The van der Waals surface area contributed by atoms with Crippen molar-refractivity contribution in [2.24, 2.45) is 23.7 Å². The van der Waals surface area contributed by atoms with Crippen LogP contribution in [0.5, 0.6) is 0 Å². The van der Waals surface area contributed by atoms with Gasteiger partial charge in [-0.25, -0.2) is 9.78 Å². The smallest absolute Gasteiger partial charge is 0.350 e. The Hall–Kier alpha value is -3.96. The van der Waals surface area contributed by atoms with Crippen LogP contribution in [0.2, 0.25) is 0 Å². The van der Waals surface area contributed by atoms with Crippen molar-refractivity contribution < 1.29 is 29.0 Å². The Balaban J connectivity index is 1.22. The third-order valence-corrected chi connectivity index (χ3v) is 12.9. The second-order valence-corrected chi connectivity index (χ2v) is 16.5. The lowest BCUT2D eigenvalue weighted by Gasteiger charge is -2.40. The van der Waals surface area contributed by atoms with E-state index in [2.05, 4.69) is 53.0 Å². The maximum Gasteiger partial charge on any atom is 0.350 e. The number of cyclic esters (lactones) is 1. The Morgan fingerprint density at radius 1 is 1.09 bits per heavy atom. The van der Waals surface area contributed by atoms with Crippen LogP contribution in [0.3, 0.4) is 0 Å². The van der Waals surface area contributed by atoms with Crippen LogP contribution in [0.4, 0.5) is 5.82 Å². The predicted molar refractivity (Wildman–Crippen MR) is 213 cm³/mol. The van der Waals surface area contributed by atoms with Gasteiger partial charge in [0, 0.05) is 35.7 Å². The van der Waals surface area contributed by atoms with Crippen molar-refractivity contribution in [3.63, 3.8) is 0 Å². The SMILES string of the molecule is CCN[C@@H]1C=C2C=CC[C@H]3CCCC[C@@H](C)Cc4cccc5c4C(=O)[C@]4(O[C@@]4(C/C(CO)=C(\C)CCc4ccnc(NCNC)c4)C5=O)C(=O)OC[C@@H]1C[C@@H]23. The number of aromatic nitrogens is 1. The first kappa shape index (κ1) is 39.3. The summed E-state index contributed by atoms with van der Waals surface area (Å²) in [5.41, 5.74) is 1.34. The van der Waals surface area contributed by atoms with Crippen molar-refractivity contribution in [2.45, 2.75) is 102 Å². The maximum atomic E-state index is 15.0. The molecule has 2 aromatic rings. The minimum Gasteiger partial charge on any atom is -0.463 e. The molecule has 5 aliphatic rings. The lowest BCUT2D eigenvalue weighted by atomic mass is 9.68. The number of aliphatic hydroxyl groups is 1. The summed E-state index contributed by atoms with van der Waals surface area (Å²) >= 11 is 0. The first-order valence-corrected chi connectivity index (χ1v) is 20.5. The van der Waals surface area contributed by atoms with Gasteiger partial charge in [-0.05, 0) is 111 Å². The van der Waals surface area contributed by atoms with Crippen molar-refractivity contribution >= 4 is 23.4 Å². The zero-order chi connectivity index (χ0) is 38.7. The summed E-state index contributed by atoms with van der Waals surface area (Å²) in [7, 11) is 1.86. The first-order chi connectivity index (χ1) is 26.6. The number of esters is 1. The summed E-state index contributed by atoms with van der Waals surface area (Å²) in [4.78, 5) is 48.8. The summed E-state index contributed by atoms with van der Waals surface area (Å²) in [5.74, 6) is 0.270. The molecule has 1 aromatic carbocycles. The van der Waals surface area contributed by atoms with Gasteiger partial charge in [-0.1, -0.05) is 75.1 Å². The van der Waals surface area contributed by atoms with Crippen molar-refractivity contribution in [3.8, 4) is 0 Å². The second-order valence-electron chi connectivity index (χ2n) is 16.5. The third kappa shape index (κ3) is 7.51. The molecule has 4 N–H and O–H groups in total. The van der Waals surface area contributed by atoms with Crippen molar-refractivity contribution in [1.82, 2.24) is 15.6 Å². The molecule has 294 valence electrons. The molecule has 55 heavy (non-hydrogen) atoms. The number of aliphatic hydroxyl groups excluding tert-OH is 1. The summed E-state index contributed by atoms with van der Waals surface area (Å²) in [6, 6.07) is 9.39. The Morgan fingerprint density at radius 3 is 2.73 bits per heavy atom. The molecule has 7 rings (SSSR count). The number of epoxide rings is 1. The third-order valence-electron chi connectivity index (χ3n) is 12.9. The highest BCUT2D eigenvalue weighted by molar-refractivity contribution is 6.33. The number of rotatable bonds is 11. The van der Waals surface area contributed by atoms with Gasteiger partial charge in [0.1, 0.15) is 5.82 Å². The molecule has 0 saturated carbocycles. The average molecular weight is 751 g/mol. The van der Waals surface area contributed by atoms with E-state index in [0.717, 1.165) is 67.6 Å². The average Bonchev–Trinajstić information content (AvgIpc) is 3.89. The summed E-state index contributed by atoms with van der Waals surface area (Å²) in [6.45, 7) is 7.34. The zero-order valence-corrected chi connectivity index (χ0v) is 32.9. The highest BCUT2D eigenvalue weighted by Crippen LogP contribution is 2.60. The Morgan fingerprint density at radius 2 is 1.93 bits per heavy atom. The van der Waals surface area contributed by atoms with E-state index in [1.807, 2.05) is 38.2 Å². The Labute approximate surface area is 325 Å². The summed E-state index contributed by atoms with van der Waals surface area (Å²) in [5, 5.41) is 20.6. The zero-order valence-electron chi connectivity index (χ0n) is 32.9. The quantitative estimate of drug-likeness (QED) is 0.0680. The second kappa shape index (κ2) is 16.6. The van der Waals surface area contributed by atoms with Crippen LogP contribution < -0.4 is 16.0 Å². The molecule has 4 bridgehead atoms. The van der Waals surface area contributed by atoms with Gasteiger partial charge in [-0.3, -0.25) is 9.59 Å². The largest absolute Gasteiger partial charge is 0.463 e. The molecule has 0 radical (unpaired) electrons. The van der Waals surface area contributed by atoms with Crippen LogP contribution in [0.15, 0.2) is 71.5 Å². The Kier molecular flexibility index (Phi) is 11.9. The number of likely N-dealkylation sites (N-methyl/N-ethyl adjacent to an activating group) is 1. The standard InChI is InChI=1S/C45H58N4O6/c1-5-47-38-23-32-13-8-12-31-11-7-6-10-28(2)20-33-14-9-15-36-40(33)42(52)45(43(53)54-26-34(38)22-37(31)32)44(55-45,41(36)51)24-35(25-50)29(3)16-17-30-18-19-48-39(21-30)49-27-46-4/h8-9,13-15,18-19,21,23,28,31,34,37-38,46-47,50H,5-7,10-12,16-17,20,22,24-27H2,1-4H3,(H,48,49)/b35-29-/t28-,31-,34+,37-,38-,44+,45+/m1/s1. The number of hydrogen-bond donors (Lipinski definition) is 4. The number of nitrogens with zero attached hydrogens (tertiary/aromatic N) is 1. The van der Waals surface area contributed by atoms with Crippen LogP contribution in [0, 0.1) is 23.7 Å². The van der Waals surface area contributed by atoms with E-state index in [4.69, 9.17) is 9.47 Å². The van der Waals surface area contributed by atoms with E-state index in [1.165, 1.54) is 5.57 Å². The fourth-order valence-corrected chi connectivity index (χ4v) is 9.77. The van der Waals surface area contributed by atoms with E-state index in [9.17, 15) is 19.5 Å². The lowest BCUT2D eigenvalue weighted by molar-refractivity contribution is -0.150. The number of ketones is 2. The van der Waals surface area contributed by atoms with Gasteiger partial charge in [0.2, 0.25) is 5.78 Å². The van der Waals surface area contributed by atoms with Gasteiger partial charge in [0.15, 0.2) is 11.4 Å². The number of Topliss-reactive ketones (excluding diaryl/α,β-unsaturated/α-hetero) is 2. The number of carbonyl (C=O) groups is 3. The van der Waals surface area contributed by atoms with Gasteiger partial charge in [0.25, 0.3) is 5.60 Å². The molecule has 1 spiro atoms. The molecule has 3 aliphatic carbocycles. The number of fused-ring (bicyclic) bond motifs is 1. The number of benzene rings is 1. The van der Waals surface area contributed by atoms with Gasteiger partial charge in [-0.15, -0.1) is 0 Å². The summed E-state index contributed by atoms with van der Waals surface area (Å²) < 4.78 is 12.6. The lowest BCUT2D eigenvalue weighted by Crippen LogP contribution is -2.52. The van der Waals surface area contributed by atoms with Crippen LogP contribution in [0.25, 0.3) is 0 Å². The number of nitrogens with one attached hydrogen (secondary N) is 3. The molecule has 3 heterocycles. The number of allylic oxidation sites excluding steroid dienone is 4. The minimum atomic E-state index is -2.11.